The fraction of sp³-hybridized carbons (Fsp3) is 0.417. The van der Waals surface area contributed by atoms with E-state index in [1.807, 2.05) is 12.1 Å². The number of rotatable bonds is 3. The molecule has 1 amide bonds. The van der Waals surface area contributed by atoms with Crippen LogP contribution in [0.5, 0.6) is 0 Å². The quantitative estimate of drug-likeness (QED) is 0.769. The lowest BCUT2D eigenvalue weighted by molar-refractivity contribution is 0.1000. The molecule has 0 unspecified atom stereocenters. The lowest BCUT2D eigenvalue weighted by Crippen LogP contribution is -2.13. The van der Waals surface area contributed by atoms with Gasteiger partial charge in [0.1, 0.15) is 0 Å². The van der Waals surface area contributed by atoms with Gasteiger partial charge in [-0.25, -0.2) is 0 Å². The summed E-state index contributed by atoms with van der Waals surface area (Å²) in [7, 11) is 0. The average Bonchev–Trinajstić information content (AvgIpc) is 2.71. The van der Waals surface area contributed by atoms with Gasteiger partial charge < -0.3 is 11.1 Å². The molecule has 1 aromatic rings. The highest BCUT2D eigenvalue weighted by atomic mass is 16.1. The molecule has 80 valence electrons. The van der Waals surface area contributed by atoms with Crippen molar-refractivity contribution in [3.8, 4) is 0 Å². The van der Waals surface area contributed by atoms with Gasteiger partial charge in [-0.3, -0.25) is 4.79 Å². The van der Waals surface area contributed by atoms with Crippen molar-refractivity contribution >= 4 is 5.91 Å². The first-order chi connectivity index (χ1) is 7.25. The van der Waals surface area contributed by atoms with Gasteiger partial charge >= 0.3 is 0 Å². The van der Waals surface area contributed by atoms with E-state index in [2.05, 4.69) is 11.4 Å². The van der Waals surface area contributed by atoms with Crippen LogP contribution in [0.15, 0.2) is 24.3 Å². The molecule has 15 heavy (non-hydrogen) atoms. The van der Waals surface area contributed by atoms with Gasteiger partial charge in [0.05, 0.1) is 0 Å². The van der Waals surface area contributed by atoms with Crippen molar-refractivity contribution in [2.75, 3.05) is 13.1 Å². The second-order valence-corrected chi connectivity index (χ2v) is 4.13. The standard InChI is InChI=1S/C12H16N2O/c13-12(15)11-3-1-2-9(7-11)6-10-4-5-14-8-10/h1-3,7,10,14H,4-6,8H2,(H2,13,15)/t10-/m1/s1. The number of carbonyl (C=O) groups is 1. The Labute approximate surface area is 89.7 Å². The number of benzene rings is 1. The Morgan fingerprint density at radius 2 is 2.40 bits per heavy atom. The van der Waals surface area contributed by atoms with Crippen molar-refractivity contribution in [2.45, 2.75) is 12.8 Å². The minimum atomic E-state index is -0.346. The molecule has 0 spiro atoms. The van der Waals surface area contributed by atoms with Crippen molar-refractivity contribution in [1.82, 2.24) is 5.32 Å². The van der Waals surface area contributed by atoms with Crippen LogP contribution in [0.4, 0.5) is 0 Å². The third kappa shape index (κ3) is 2.57. The summed E-state index contributed by atoms with van der Waals surface area (Å²) >= 11 is 0. The summed E-state index contributed by atoms with van der Waals surface area (Å²) < 4.78 is 0. The molecule has 0 aromatic heterocycles. The van der Waals surface area contributed by atoms with E-state index in [1.165, 1.54) is 12.0 Å². The third-order valence-corrected chi connectivity index (χ3v) is 2.90. The first-order valence-electron chi connectivity index (χ1n) is 5.35. The molecule has 3 N–H and O–H groups in total. The molecular weight excluding hydrogens is 188 g/mol. The Balaban J connectivity index is 2.07. The molecule has 1 fully saturated rings. The molecular formula is C12H16N2O. The molecule has 3 nitrogen and oxygen atoms in total. The molecule has 2 rings (SSSR count). The lowest BCUT2D eigenvalue weighted by atomic mass is 9.97. The zero-order chi connectivity index (χ0) is 10.7. The first-order valence-corrected chi connectivity index (χ1v) is 5.35. The fourth-order valence-corrected chi connectivity index (χ4v) is 2.07. The van der Waals surface area contributed by atoms with Crippen molar-refractivity contribution in [3.63, 3.8) is 0 Å². The SMILES string of the molecule is NC(=O)c1cccc(C[C@H]2CCNC2)c1. The predicted molar refractivity (Wildman–Crippen MR) is 59.6 cm³/mol. The van der Waals surface area contributed by atoms with Crippen molar-refractivity contribution < 1.29 is 4.79 Å². The number of hydrogen-bond acceptors (Lipinski definition) is 2. The van der Waals surface area contributed by atoms with E-state index in [1.54, 1.807) is 6.07 Å². The molecule has 1 atom stereocenters. The Morgan fingerprint density at radius 1 is 1.53 bits per heavy atom. The van der Waals surface area contributed by atoms with E-state index in [0.29, 0.717) is 11.5 Å². The van der Waals surface area contributed by atoms with Crippen LogP contribution >= 0.6 is 0 Å². The number of nitrogens with one attached hydrogen (secondary N) is 1. The van der Waals surface area contributed by atoms with Gasteiger partial charge in [-0.05, 0) is 49.5 Å². The highest BCUT2D eigenvalue weighted by Crippen LogP contribution is 2.15. The monoisotopic (exact) mass is 204 g/mol. The molecule has 1 saturated heterocycles. The normalized spacial score (nSPS) is 20.4. The average molecular weight is 204 g/mol. The largest absolute Gasteiger partial charge is 0.366 e. The van der Waals surface area contributed by atoms with Gasteiger partial charge in [0, 0.05) is 5.56 Å². The van der Waals surface area contributed by atoms with Gasteiger partial charge in [-0.2, -0.15) is 0 Å². The number of amides is 1. The minimum Gasteiger partial charge on any atom is -0.366 e. The summed E-state index contributed by atoms with van der Waals surface area (Å²) in [6, 6.07) is 7.63. The van der Waals surface area contributed by atoms with Crippen LogP contribution in [0.2, 0.25) is 0 Å². The van der Waals surface area contributed by atoms with E-state index in [0.717, 1.165) is 19.5 Å². The Kier molecular flexibility index (Phi) is 3.02. The molecule has 0 saturated carbocycles. The molecule has 0 aliphatic carbocycles. The van der Waals surface area contributed by atoms with Crippen LogP contribution in [-0.2, 0) is 6.42 Å². The number of nitrogens with two attached hydrogens (primary N) is 1. The maximum atomic E-state index is 11.0. The molecule has 0 bridgehead atoms. The molecule has 1 aliphatic heterocycles. The topological polar surface area (TPSA) is 55.1 Å². The number of primary amides is 1. The summed E-state index contributed by atoms with van der Waals surface area (Å²) in [5, 5.41) is 3.34. The molecule has 3 heteroatoms. The Hall–Kier alpha value is -1.35. The highest BCUT2D eigenvalue weighted by molar-refractivity contribution is 5.92. The van der Waals surface area contributed by atoms with Crippen molar-refractivity contribution in [2.24, 2.45) is 11.7 Å². The Bertz CT molecular complexity index is 356. The van der Waals surface area contributed by atoms with E-state index >= 15 is 0 Å². The summed E-state index contributed by atoms with van der Waals surface area (Å²) in [5.74, 6) is 0.356. The highest BCUT2D eigenvalue weighted by Gasteiger charge is 2.15. The molecule has 1 aliphatic rings. The minimum absolute atomic E-state index is 0.346. The third-order valence-electron chi connectivity index (χ3n) is 2.90. The lowest BCUT2D eigenvalue weighted by Gasteiger charge is -2.08. The van der Waals surface area contributed by atoms with E-state index in [4.69, 9.17) is 5.73 Å². The summed E-state index contributed by atoms with van der Waals surface area (Å²) in [6.45, 7) is 2.20. The van der Waals surface area contributed by atoms with Crippen LogP contribution in [0, 0.1) is 5.92 Å². The fourth-order valence-electron chi connectivity index (χ4n) is 2.07. The zero-order valence-corrected chi connectivity index (χ0v) is 8.70. The molecule has 0 radical (unpaired) electrons. The van der Waals surface area contributed by atoms with E-state index in [-0.39, 0.29) is 5.91 Å². The zero-order valence-electron chi connectivity index (χ0n) is 8.70. The van der Waals surface area contributed by atoms with E-state index in [9.17, 15) is 4.79 Å². The maximum absolute atomic E-state index is 11.0. The van der Waals surface area contributed by atoms with Crippen LogP contribution in [-0.4, -0.2) is 19.0 Å². The molecule has 1 aromatic carbocycles. The number of carbonyl (C=O) groups excluding carboxylic acids is 1. The second kappa shape index (κ2) is 4.45. The van der Waals surface area contributed by atoms with Crippen molar-refractivity contribution in [3.05, 3.63) is 35.4 Å². The summed E-state index contributed by atoms with van der Waals surface area (Å²) in [6.07, 6.45) is 2.26. The van der Waals surface area contributed by atoms with Gasteiger partial charge in [0.2, 0.25) is 5.91 Å². The van der Waals surface area contributed by atoms with Gasteiger partial charge in [0.25, 0.3) is 0 Å². The second-order valence-electron chi connectivity index (χ2n) is 4.13. The van der Waals surface area contributed by atoms with Crippen LogP contribution in [0.25, 0.3) is 0 Å². The summed E-state index contributed by atoms with van der Waals surface area (Å²) in [4.78, 5) is 11.0. The van der Waals surface area contributed by atoms with Crippen LogP contribution in [0.3, 0.4) is 0 Å². The number of hydrogen-bond donors (Lipinski definition) is 2. The Morgan fingerprint density at radius 3 is 3.07 bits per heavy atom. The van der Waals surface area contributed by atoms with Gasteiger partial charge in [-0.1, -0.05) is 12.1 Å². The molecule has 1 heterocycles. The van der Waals surface area contributed by atoms with Crippen molar-refractivity contribution in [1.29, 1.82) is 0 Å². The smallest absolute Gasteiger partial charge is 0.248 e. The van der Waals surface area contributed by atoms with Crippen LogP contribution < -0.4 is 11.1 Å². The van der Waals surface area contributed by atoms with Gasteiger partial charge in [-0.15, -0.1) is 0 Å². The van der Waals surface area contributed by atoms with Crippen LogP contribution in [0.1, 0.15) is 22.3 Å². The van der Waals surface area contributed by atoms with E-state index < -0.39 is 0 Å². The first kappa shape index (κ1) is 10.2. The maximum Gasteiger partial charge on any atom is 0.248 e. The summed E-state index contributed by atoms with van der Waals surface area (Å²) in [5.41, 5.74) is 7.06. The predicted octanol–water partition coefficient (Wildman–Crippen LogP) is 0.937. The van der Waals surface area contributed by atoms with Gasteiger partial charge in [0.15, 0.2) is 0 Å².